The second-order valence-electron chi connectivity index (χ2n) is 10.5. The van der Waals surface area contributed by atoms with Crippen molar-refractivity contribution in [2.45, 2.75) is 64.8 Å². The lowest BCUT2D eigenvalue weighted by Gasteiger charge is -2.45. The van der Waals surface area contributed by atoms with E-state index in [1.165, 1.54) is 5.56 Å². The Balaban J connectivity index is 1.38. The molecule has 35 heavy (non-hydrogen) atoms. The largest absolute Gasteiger partial charge is 0.481 e. The summed E-state index contributed by atoms with van der Waals surface area (Å²) in [7, 11) is 0. The zero-order chi connectivity index (χ0) is 25.2. The van der Waals surface area contributed by atoms with Crippen LogP contribution in [0.1, 0.15) is 68.1 Å². The molecule has 2 aliphatic rings. The number of carbonyl (C=O) groups is 3. The van der Waals surface area contributed by atoms with Crippen LogP contribution in [0.25, 0.3) is 0 Å². The molecule has 0 aliphatic heterocycles. The van der Waals surface area contributed by atoms with Gasteiger partial charge in [0.1, 0.15) is 5.78 Å². The molecule has 186 valence electrons. The molecule has 0 bridgehead atoms. The van der Waals surface area contributed by atoms with Crippen LogP contribution < -0.4 is 16.4 Å². The number of nitrogens with two attached hydrogens (primary N) is 1. The molecule has 2 amide bonds. The summed E-state index contributed by atoms with van der Waals surface area (Å²) < 4.78 is 0. The molecule has 5 N–H and O–H groups in total. The fourth-order valence-electron chi connectivity index (χ4n) is 6.08. The second kappa shape index (κ2) is 10.2. The zero-order valence-electron chi connectivity index (χ0n) is 20.5. The molecule has 2 fully saturated rings. The molecular formula is C28H35N3O4. The van der Waals surface area contributed by atoms with Gasteiger partial charge in [-0.25, -0.2) is 4.79 Å². The fraction of sp³-hybridized carbons (Fsp3) is 0.464. The number of benzene rings is 2. The highest BCUT2D eigenvalue weighted by Crippen LogP contribution is 2.50. The molecule has 2 saturated carbocycles. The van der Waals surface area contributed by atoms with E-state index in [0.29, 0.717) is 30.5 Å². The van der Waals surface area contributed by atoms with Crippen LogP contribution in [-0.4, -0.2) is 22.9 Å². The summed E-state index contributed by atoms with van der Waals surface area (Å²) in [5, 5.41) is 15.0. The number of aliphatic carboxylic acids is 1. The zero-order valence-corrected chi connectivity index (χ0v) is 20.5. The summed E-state index contributed by atoms with van der Waals surface area (Å²) in [5.41, 5.74) is 9.69. The number of amides is 2. The van der Waals surface area contributed by atoms with Crippen LogP contribution in [0.15, 0.2) is 42.5 Å². The molecular weight excluding hydrogens is 442 g/mol. The summed E-state index contributed by atoms with van der Waals surface area (Å²) in [5.74, 6) is -0.0823. The van der Waals surface area contributed by atoms with Crippen molar-refractivity contribution in [2.24, 2.45) is 23.0 Å². The summed E-state index contributed by atoms with van der Waals surface area (Å²) in [6, 6.07) is 13.2. The van der Waals surface area contributed by atoms with Gasteiger partial charge in [0.05, 0.1) is 6.42 Å². The van der Waals surface area contributed by atoms with E-state index in [1.54, 1.807) is 0 Å². The third kappa shape index (κ3) is 5.56. The number of hydrogen-bond acceptors (Lipinski definition) is 4. The lowest BCUT2D eigenvalue weighted by molar-refractivity contribution is -0.150. The van der Waals surface area contributed by atoms with Gasteiger partial charge in [-0.05, 0) is 91.8 Å². The molecule has 0 aromatic heterocycles. The number of rotatable bonds is 6. The number of urea groups is 1. The Morgan fingerprint density at radius 2 is 1.83 bits per heavy atom. The Morgan fingerprint density at radius 1 is 1.09 bits per heavy atom. The van der Waals surface area contributed by atoms with Crippen molar-refractivity contribution in [3.8, 4) is 0 Å². The predicted octanol–water partition coefficient (Wildman–Crippen LogP) is 5.44. The number of hydrogen-bond donors (Lipinski definition) is 4. The summed E-state index contributed by atoms with van der Waals surface area (Å²) in [6.45, 7) is 4.30. The molecule has 0 saturated heterocycles. The fourth-order valence-corrected chi connectivity index (χ4v) is 6.08. The average Bonchev–Trinajstić information content (AvgIpc) is 2.81. The minimum atomic E-state index is -0.893. The molecule has 2 aliphatic carbocycles. The average molecular weight is 478 g/mol. The summed E-state index contributed by atoms with van der Waals surface area (Å²) in [6.07, 6.45) is 4.16. The highest BCUT2D eigenvalue weighted by Gasteiger charge is 2.48. The third-order valence-corrected chi connectivity index (χ3v) is 7.91. The van der Waals surface area contributed by atoms with Crippen molar-refractivity contribution < 1.29 is 19.5 Å². The second-order valence-corrected chi connectivity index (χ2v) is 10.5. The van der Waals surface area contributed by atoms with Crippen molar-refractivity contribution >= 4 is 29.2 Å². The molecule has 0 spiro atoms. The molecule has 0 heterocycles. The van der Waals surface area contributed by atoms with Crippen molar-refractivity contribution in [2.75, 3.05) is 10.6 Å². The van der Waals surface area contributed by atoms with Crippen LogP contribution >= 0.6 is 0 Å². The molecule has 2 aromatic carbocycles. The SMILES string of the molecule is Cc1cc(NC(=O)Nc2cccc(CN)c2)ccc1C1CCC2C(=O)C(C)(CC(=O)O)CCC2C1. The highest BCUT2D eigenvalue weighted by atomic mass is 16.4. The number of Topliss-reactive ketones (excluding diaryl/α,β-unsaturated/α-hetero) is 1. The molecule has 7 heteroatoms. The van der Waals surface area contributed by atoms with Gasteiger partial charge in [0.25, 0.3) is 0 Å². The number of anilines is 2. The normalized spacial score (nSPS) is 26.0. The van der Waals surface area contributed by atoms with Gasteiger partial charge < -0.3 is 21.5 Å². The standard InChI is InChI=1S/C28H35N3O4/c1-17-12-22(31-27(35)30-21-5-3-4-18(13-21)16-29)7-9-23(17)19-6-8-24-20(14-19)10-11-28(2,26(24)34)15-25(32)33/h3-5,7,9,12-13,19-20,24H,6,8,10-11,14-16,29H2,1-2H3,(H,32,33)(H2,30,31,35). The number of nitrogens with one attached hydrogen (secondary N) is 2. The predicted molar refractivity (Wildman–Crippen MR) is 136 cm³/mol. The molecule has 7 nitrogen and oxygen atoms in total. The van der Waals surface area contributed by atoms with Crippen LogP contribution in [0.2, 0.25) is 0 Å². The number of carboxylic acids is 1. The topological polar surface area (TPSA) is 122 Å². The Kier molecular flexibility index (Phi) is 7.26. The first kappa shape index (κ1) is 24.9. The van der Waals surface area contributed by atoms with Crippen LogP contribution in [0.5, 0.6) is 0 Å². The Labute approximate surface area is 206 Å². The van der Waals surface area contributed by atoms with Crippen LogP contribution in [0.4, 0.5) is 16.2 Å². The van der Waals surface area contributed by atoms with Gasteiger partial charge in [-0.2, -0.15) is 0 Å². The van der Waals surface area contributed by atoms with Gasteiger partial charge in [-0.1, -0.05) is 25.1 Å². The quantitative estimate of drug-likeness (QED) is 0.441. The van der Waals surface area contributed by atoms with Crippen molar-refractivity contribution in [3.63, 3.8) is 0 Å². The van der Waals surface area contributed by atoms with Gasteiger partial charge in [-0.15, -0.1) is 0 Å². The van der Waals surface area contributed by atoms with E-state index in [-0.39, 0.29) is 24.2 Å². The van der Waals surface area contributed by atoms with Crippen LogP contribution in [-0.2, 0) is 16.1 Å². The lowest BCUT2D eigenvalue weighted by atomic mass is 9.58. The molecule has 4 atom stereocenters. The van der Waals surface area contributed by atoms with E-state index in [0.717, 1.165) is 42.5 Å². The first-order valence-corrected chi connectivity index (χ1v) is 12.4. The number of aryl methyl sites for hydroxylation is 1. The van der Waals surface area contributed by atoms with Gasteiger partial charge in [-0.3, -0.25) is 9.59 Å². The van der Waals surface area contributed by atoms with Gasteiger partial charge >= 0.3 is 12.0 Å². The van der Waals surface area contributed by atoms with E-state index >= 15 is 0 Å². The van der Waals surface area contributed by atoms with E-state index in [4.69, 9.17) is 5.73 Å². The molecule has 0 radical (unpaired) electrons. The van der Waals surface area contributed by atoms with E-state index < -0.39 is 11.4 Å². The highest BCUT2D eigenvalue weighted by molar-refractivity contribution is 5.99. The van der Waals surface area contributed by atoms with E-state index in [9.17, 15) is 19.5 Å². The minimum Gasteiger partial charge on any atom is -0.481 e. The van der Waals surface area contributed by atoms with Gasteiger partial charge in [0.2, 0.25) is 0 Å². The first-order chi connectivity index (χ1) is 16.7. The first-order valence-electron chi connectivity index (χ1n) is 12.4. The summed E-state index contributed by atoms with van der Waals surface area (Å²) in [4.78, 5) is 36.9. The maximum Gasteiger partial charge on any atom is 0.323 e. The number of ketones is 1. The van der Waals surface area contributed by atoms with Gasteiger partial charge in [0.15, 0.2) is 0 Å². The van der Waals surface area contributed by atoms with E-state index in [2.05, 4.69) is 23.6 Å². The van der Waals surface area contributed by atoms with Gasteiger partial charge in [0, 0.05) is 29.3 Å². The summed E-state index contributed by atoms with van der Waals surface area (Å²) >= 11 is 0. The van der Waals surface area contributed by atoms with Crippen molar-refractivity contribution in [3.05, 3.63) is 59.2 Å². The Morgan fingerprint density at radius 3 is 2.51 bits per heavy atom. The Bertz CT molecular complexity index is 1130. The maximum atomic E-state index is 13.1. The third-order valence-electron chi connectivity index (χ3n) is 7.91. The lowest BCUT2D eigenvalue weighted by Crippen LogP contribution is -2.45. The van der Waals surface area contributed by atoms with E-state index in [1.807, 2.05) is 43.3 Å². The van der Waals surface area contributed by atoms with Crippen molar-refractivity contribution in [1.29, 1.82) is 0 Å². The molecule has 4 rings (SSSR count). The van der Waals surface area contributed by atoms with Crippen LogP contribution in [0, 0.1) is 24.2 Å². The Hall–Kier alpha value is -3.19. The monoisotopic (exact) mass is 477 g/mol. The van der Waals surface area contributed by atoms with Crippen molar-refractivity contribution in [1.82, 2.24) is 0 Å². The smallest absolute Gasteiger partial charge is 0.323 e. The molecule has 4 unspecified atom stereocenters. The van der Waals surface area contributed by atoms with Crippen LogP contribution in [0.3, 0.4) is 0 Å². The minimum absolute atomic E-state index is 0.0212. The number of carbonyl (C=O) groups excluding carboxylic acids is 2. The maximum absolute atomic E-state index is 13.1. The number of carboxylic acid groups (broad SMARTS) is 1. The number of fused-ring (bicyclic) bond motifs is 1. The molecule has 2 aromatic rings.